The molecule has 4 heteroatoms. The van der Waals surface area contributed by atoms with E-state index in [2.05, 4.69) is 10.2 Å². The number of hydrogen-bond acceptors (Lipinski definition) is 2. The van der Waals surface area contributed by atoms with Crippen LogP contribution in [0.4, 0.5) is 5.69 Å². The number of halogens is 1. The van der Waals surface area contributed by atoms with Crippen LogP contribution in [0.1, 0.15) is 42.5 Å². The fraction of sp³-hybridized carbons (Fsp3) is 0.533. The molecule has 2 aliphatic rings. The van der Waals surface area contributed by atoms with Crippen molar-refractivity contribution in [3.63, 3.8) is 0 Å². The first-order valence-electron chi connectivity index (χ1n) is 7.10. The van der Waals surface area contributed by atoms with Crippen LogP contribution in [0.5, 0.6) is 0 Å². The molecule has 1 fully saturated rings. The Morgan fingerprint density at radius 3 is 2.79 bits per heavy atom. The molecule has 1 aromatic carbocycles. The molecular formula is C15H19ClN2O. The number of amides is 1. The van der Waals surface area contributed by atoms with Crippen LogP contribution in [0.15, 0.2) is 18.2 Å². The van der Waals surface area contributed by atoms with Gasteiger partial charge in [-0.25, -0.2) is 0 Å². The zero-order valence-corrected chi connectivity index (χ0v) is 11.7. The smallest absolute Gasteiger partial charge is 0.253 e. The molecule has 1 heterocycles. The molecule has 1 aliphatic carbocycles. The summed E-state index contributed by atoms with van der Waals surface area (Å²) in [6, 6.07) is 6.13. The molecule has 0 spiro atoms. The summed E-state index contributed by atoms with van der Waals surface area (Å²) in [5.74, 6) is 0.0185. The third-order valence-electron chi connectivity index (χ3n) is 4.17. The number of fused-ring (bicyclic) bond motifs is 1. The first-order chi connectivity index (χ1) is 9.25. The van der Waals surface area contributed by atoms with Crippen LogP contribution in [-0.2, 0) is 0 Å². The minimum Gasteiger partial charge on any atom is -0.366 e. The summed E-state index contributed by atoms with van der Waals surface area (Å²) >= 11 is 6.12. The van der Waals surface area contributed by atoms with Crippen molar-refractivity contribution in [2.45, 2.75) is 38.1 Å². The van der Waals surface area contributed by atoms with Crippen molar-refractivity contribution in [3.8, 4) is 0 Å². The Balaban J connectivity index is 1.98. The second-order valence-electron chi connectivity index (χ2n) is 5.40. The molecule has 1 aliphatic heterocycles. The van der Waals surface area contributed by atoms with Crippen molar-refractivity contribution in [1.82, 2.24) is 5.32 Å². The van der Waals surface area contributed by atoms with Crippen molar-refractivity contribution < 1.29 is 4.79 Å². The van der Waals surface area contributed by atoms with E-state index in [-0.39, 0.29) is 5.91 Å². The van der Waals surface area contributed by atoms with Gasteiger partial charge in [0.1, 0.15) is 0 Å². The zero-order chi connectivity index (χ0) is 13.2. The van der Waals surface area contributed by atoms with Gasteiger partial charge >= 0.3 is 0 Å². The van der Waals surface area contributed by atoms with E-state index in [0.29, 0.717) is 17.6 Å². The van der Waals surface area contributed by atoms with Crippen LogP contribution < -0.4 is 10.2 Å². The number of anilines is 1. The summed E-state index contributed by atoms with van der Waals surface area (Å²) in [6.45, 7) is 1.59. The van der Waals surface area contributed by atoms with Gasteiger partial charge in [-0.2, -0.15) is 0 Å². The van der Waals surface area contributed by atoms with Crippen LogP contribution in [0.25, 0.3) is 0 Å². The largest absolute Gasteiger partial charge is 0.366 e. The van der Waals surface area contributed by atoms with Gasteiger partial charge in [0.15, 0.2) is 0 Å². The van der Waals surface area contributed by atoms with Crippen LogP contribution in [0, 0.1) is 0 Å². The molecule has 3 rings (SSSR count). The molecule has 102 valence electrons. The Labute approximate surface area is 118 Å². The normalized spacial score (nSPS) is 20.7. The average molecular weight is 279 g/mol. The van der Waals surface area contributed by atoms with Gasteiger partial charge in [-0.3, -0.25) is 4.79 Å². The standard InChI is InChI=1S/C15H19ClN2O/c16-11-6-7-13-14(10-11)18(9-8-17-15(13)19)12-4-2-1-3-5-12/h6-7,10,12H,1-5,8-9H2,(H,17,19). The maximum Gasteiger partial charge on any atom is 0.253 e. The van der Waals surface area contributed by atoms with Gasteiger partial charge in [0.05, 0.1) is 11.3 Å². The second-order valence-corrected chi connectivity index (χ2v) is 5.84. The van der Waals surface area contributed by atoms with Crippen LogP contribution in [0.2, 0.25) is 5.02 Å². The average Bonchev–Trinajstić information content (AvgIpc) is 2.59. The molecule has 1 saturated carbocycles. The third-order valence-corrected chi connectivity index (χ3v) is 4.40. The predicted molar refractivity (Wildman–Crippen MR) is 78.0 cm³/mol. The number of carbonyl (C=O) groups excluding carboxylic acids is 1. The monoisotopic (exact) mass is 278 g/mol. The Bertz CT molecular complexity index is 483. The van der Waals surface area contributed by atoms with Crippen LogP contribution in [0.3, 0.4) is 0 Å². The van der Waals surface area contributed by atoms with Gasteiger partial charge in [0.2, 0.25) is 0 Å². The maximum absolute atomic E-state index is 12.1. The van der Waals surface area contributed by atoms with Gasteiger partial charge in [-0.1, -0.05) is 30.9 Å². The topological polar surface area (TPSA) is 32.3 Å². The predicted octanol–water partition coefficient (Wildman–Crippen LogP) is 3.22. The van der Waals surface area contributed by atoms with E-state index >= 15 is 0 Å². The fourth-order valence-electron chi connectivity index (χ4n) is 3.21. The lowest BCUT2D eigenvalue weighted by Gasteiger charge is -2.35. The zero-order valence-electron chi connectivity index (χ0n) is 11.0. The molecule has 1 N–H and O–H groups in total. The Morgan fingerprint density at radius 2 is 2.00 bits per heavy atom. The first kappa shape index (κ1) is 12.8. The van der Waals surface area contributed by atoms with E-state index in [1.54, 1.807) is 6.07 Å². The summed E-state index contributed by atoms with van der Waals surface area (Å²) < 4.78 is 0. The van der Waals surface area contributed by atoms with Crippen molar-refractivity contribution in [1.29, 1.82) is 0 Å². The molecule has 0 unspecified atom stereocenters. The lowest BCUT2D eigenvalue weighted by atomic mass is 9.93. The van der Waals surface area contributed by atoms with E-state index in [9.17, 15) is 4.79 Å². The van der Waals surface area contributed by atoms with E-state index in [1.807, 2.05) is 12.1 Å². The van der Waals surface area contributed by atoms with E-state index < -0.39 is 0 Å². The third kappa shape index (κ3) is 2.57. The summed E-state index contributed by atoms with van der Waals surface area (Å²) in [5.41, 5.74) is 1.77. The lowest BCUT2D eigenvalue weighted by molar-refractivity contribution is 0.0958. The van der Waals surface area contributed by atoms with Crippen molar-refractivity contribution in [2.75, 3.05) is 18.0 Å². The number of benzene rings is 1. The number of carbonyl (C=O) groups is 1. The Morgan fingerprint density at radius 1 is 1.21 bits per heavy atom. The highest BCUT2D eigenvalue weighted by Gasteiger charge is 2.27. The van der Waals surface area contributed by atoms with Crippen LogP contribution >= 0.6 is 11.6 Å². The molecular weight excluding hydrogens is 260 g/mol. The number of rotatable bonds is 1. The highest BCUT2D eigenvalue weighted by atomic mass is 35.5. The maximum atomic E-state index is 12.1. The lowest BCUT2D eigenvalue weighted by Crippen LogP contribution is -2.39. The quantitative estimate of drug-likeness (QED) is 0.855. The minimum atomic E-state index is 0.0185. The molecule has 0 bridgehead atoms. The highest BCUT2D eigenvalue weighted by molar-refractivity contribution is 6.31. The van der Waals surface area contributed by atoms with E-state index in [0.717, 1.165) is 17.8 Å². The summed E-state index contributed by atoms with van der Waals surface area (Å²) in [7, 11) is 0. The summed E-state index contributed by atoms with van der Waals surface area (Å²) in [6.07, 6.45) is 6.36. The van der Waals surface area contributed by atoms with Gasteiger partial charge in [0, 0.05) is 24.2 Å². The number of nitrogens with zero attached hydrogens (tertiary/aromatic N) is 1. The molecule has 1 amide bonds. The van der Waals surface area contributed by atoms with Crippen LogP contribution in [-0.4, -0.2) is 25.0 Å². The SMILES string of the molecule is O=C1NCCN(C2CCCCC2)c2cc(Cl)ccc21. The number of hydrogen-bond donors (Lipinski definition) is 1. The molecule has 0 aromatic heterocycles. The van der Waals surface area contributed by atoms with Gasteiger partial charge in [0.25, 0.3) is 5.91 Å². The van der Waals surface area contributed by atoms with E-state index in [1.165, 1.54) is 32.1 Å². The van der Waals surface area contributed by atoms with Crippen molar-refractivity contribution >= 4 is 23.2 Å². The molecule has 1 aromatic rings. The molecule has 0 saturated heterocycles. The number of nitrogens with one attached hydrogen (secondary N) is 1. The van der Waals surface area contributed by atoms with Crippen molar-refractivity contribution in [3.05, 3.63) is 28.8 Å². The molecule has 0 atom stereocenters. The van der Waals surface area contributed by atoms with Gasteiger partial charge in [-0.05, 0) is 31.0 Å². The first-order valence-corrected chi connectivity index (χ1v) is 7.48. The summed E-state index contributed by atoms with van der Waals surface area (Å²) in [5, 5.41) is 3.67. The van der Waals surface area contributed by atoms with Gasteiger partial charge in [-0.15, -0.1) is 0 Å². The molecule has 3 nitrogen and oxygen atoms in total. The Hall–Kier alpha value is -1.22. The highest BCUT2D eigenvalue weighted by Crippen LogP contribution is 2.32. The van der Waals surface area contributed by atoms with E-state index in [4.69, 9.17) is 11.6 Å². The molecule has 0 radical (unpaired) electrons. The second kappa shape index (κ2) is 5.41. The summed E-state index contributed by atoms with van der Waals surface area (Å²) in [4.78, 5) is 14.5. The fourth-order valence-corrected chi connectivity index (χ4v) is 3.38. The van der Waals surface area contributed by atoms with Gasteiger partial charge < -0.3 is 10.2 Å². The Kier molecular flexibility index (Phi) is 3.65. The van der Waals surface area contributed by atoms with Crippen molar-refractivity contribution in [2.24, 2.45) is 0 Å². The minimum absolute atomic E-state index is 0.0185. The molecule has 19 heavy (non-hydrogen) atoms.